The summed E-state index contributed by atoms with van der Waals surface area (Å²) in [5, 5.41) is 0. The molecule has 0 saturated carbocycles. The monoisotopic (exact) mass is 505 g/mol. The Morgan fingerprint density at radius 1 is 0.590 bits per heavy atom. The molecule has 0 bridgehead atoms. The molecule has 2 nitrogen and oxygen atoms in total. The van der Waals surface area contributed by atoms with Gasteiger partial charge in [-0.05, 0) is 60.9 Å². The van der Waals surface area contributed by atoms with E-state index < -0.39 is 0 Å². The van der Waals surface area contributed by atoms with Crippen LogP contribution < -0.4 is 4.90 Å². The zero-order valence-corrected chi connectivity index (χ0v) is 22.3. The van der Waals surface area contributed by atoms with Crippen molar-refractivity contribution >= 4 is 28.4 Å². The van der Waals surface area contributed by atoms with Gasteiger partial charge in [0.2, 0.25) is 0 Å². The fraction of sp³-hybridized carbons (Fsp3) is 0.0541. The molecule has 0 unspecified atom stereocenters. The molecule has 190 valence electrons. The summed E-state index contributed by atoms with van der Waals surface area (Å²) >= 11 is 0. The first-order valence-electron chi connectivity index (χ1n) is 13.2. The zero-order chi connectivity index (χ0) is 27.0. The van der Waals surface area contributed by atoms with Gasteiger partial charge in [-0.15, -0.1) is 0 Å². The second-order valence-electron chi connectivity index (χ2n) is 9.25. The maximum atomic E-state index is 13.4. The summed E-state index contributed by atoms with van der Waals surface area (Å²) in [6.07, 6.45) is 6.30. The van der Waals surface area contributed by atoms with Crippen molar-refractivity contribution in [3.63, 3.8) is 0 Å². The number of anilines is 3. The van der Waals surface area contributed by atoms with Crippen LogP contribution in [0.1, 0.15) is 35.3 Å². The maximum Gasteiger partial charge on any atom is 0.193 e. The molecule has 5 aromatic carbocycles. The minimum Gasteiger partial charge on any atom is -0.310 e. The Kier molecular flexibility index (Phi) is 7.95. The van der Waals surface area contributed by atoms with Crippen LogP contribution in [0.3, 0.4) is 0 Å². The molecule has 0 amide bonds. The predicted octanol–water partition coefficient (Wildman–Crippen LogP) is 10.0. The number of hydrogen-bond donors (Lipinski definition) is 0. The molecule has 2 heteroatoms. The van der Waals surface area contributed by atoms with Gasteiger partial charge in [-0.1, -0.05) is 121 Å². The fourth-order valence-corrected chi connectivity index (χ4v) is 4.84. The highest BCUT2D eigenvalue weighted by Crippen LogP contribution is 2.41. The highest BCUT2D eigenvalue weighted by atomic mass is 16.1. The van der Waals surface area contributed by atoms with Gasteiger partial charge < -0.3 is 4.90 Å². The van der Waals surface area contributed by atoms with E-state index in [4.69, 9.17) is 0 Å². The molecule has 0 radical (unpaired) electrons. The number of para-hydroxylation sites is 1. The van der Waals surface area contributed by atoms with Crippen molar-refractivity contribution in [2.24, 2.45) is 0 Å². The van der Waals surface area contributed by atoms with Crippen LogP contribution in [0, 0.1) is 0 Å². The molecule has 0 atom stereocenters. The lowest BCUT2D eigenvalue weighted by Crippen LogP contribution is -2.12. The Labute approximate surface area is 231 Å². The Bertz CT molecular complexity index is 1610. The first kappa shape index (κ1) is 25.7. The summed E-state index contributed by atoms with van der Waals surface area (Å²) in [5.74, 6) is 0.00756. The predicted molar refractivity (Wildman–Crippen MR) is 165 cm³/mol. The van der Waals surface area contributed by atoms with E-state index in [-0.39, 0.29) is 5.78 Å². The number of nitrogens with zero attached hydrogens (tertiary/aromatic N) is 1. The van der Waals surface area contributed by atoms with Gasteiger partial charge in [0.1, 0.15) is 0 Å². The molecule has 39 heavy (non-hydrogen) atoms. The second kappa shape index (κ2) is 12.1. The number of rotatable bonds is 8. The van der Waals surface area contributed by atoms with Crippen LogP contribution in [0.25, 0.3) is 16.7 Å². The van der Waals surface area contributed by atoms with Crippen molar-refractivity contribution in [1.82, 2.24) is 0 Å². The molecule has 0 aliphatic heterocycles. The molecule has 5 rings (SSSR count). The lowest BCUT2D eigenvalue weighted by Gasteiger charge is -2.28. The highest BCUT2D eigenvalue weighted by molar-refractivity contribution is 6.09. The quantitative estimate of drug-likeness (QED) is 0.154. The Morgan fingerprint density at radius 2 is 1.23 bits per heavy atom. The Morgan fingerprint density at radius 3 is 1.92 bits per heavy atom. The smallest absolute Gasteiger partial charge is 0.193 e. The van der Waals surface area contributed by atoms with Crippen LogP contribution in [-0.2, 0) is 0 Å². The van der Waals surface area contributed by atoms with Gasteiger partial charge in [0.25, 0.3) is 0 Å². The first-order chi connectivity index (χ1) is 19.2. The number of benzene rings is 5. The molecule has 0 spiro atoms. The van der Waals surface area contributed by atoms with Crippen molar-refractivity contribution in [3.8, 4) is 11.1 Å². The van der Waals surface area contributed by atoms with Crippen LogP contribution in [-0.4, -0.2) is 5.78 Å². The van der Waals surface area contributed by atoms with Gasteiger partial charge in [-0.3, -0.25) is 4.79 Å². The molecule has 5 aromatic rings. The second-order valence-corrected chi connectivity index (χ2v) is 9.25. The van der Waals surface area contributed by atoms with E-state index in [9.17, 15) is 4.79 Å². The lowest BCUT2D eigenvalue weighted by atomic mass is 9.99. The van der Waals surface area contributed by atoms with Gasteiger partial charge in [0.05, 0.1) is 5.69 Å². The van der Waals surface area contributed by atoms with E-state index in [1.54, 1.807) is 0 Å². The fourth-order valence-electron chi connectivity index (χ4n) is 4.84. The molecule has 0 fully saturated rings. The van der Waals surface area contributed by atoms with Crippen molar-refractivity contribution in [2.45, 2.75) is 13.8 Å². The number of carbonyl (C=O) groups excluding carboxylic acids is 1. The van der Waals surface area contributed by atoms with E-state index in [1.807, 2.05) is 61.5 Å². The lowest BCUT2D eigenvalue weighted by molar-refractivity contribution is 0.103. The number of ketones is 1. The number of allylic oxidation sites excluding steroid dienone is 4. The average molecular weight is 506 g/mol. The van der Waals surface area contributed by atoms with E-state index in [0.29, 0.717) is 11.1 Å². The van der Waals surface area contributed by atoms with Gasteiger partial charge >= 0.3 is 0 Å². The first-order valence-corrected chi connectivity index (χ1v) is 13.2. The van der Waals surface area contributed by atoms with Crippen molar-refractivity contribution in [2.75, 3.05) is 4.90 Å². The number of carbonyl (C=O) groups is 1. The molecule has 0 heterocycles. The van der Waals surface area contributed by atoms with Gasteiger partial charge in [-0.25, -0.2) is 0 Å². The average Bonchev–Trinajstić information content (AvgIpc) is 3.01. The Hall–Kier alpha value is -4.95. The third-order valence-electron chi connectivity index (χ3n) is 6.75. The molecular weight excluding hydrogens is 474 g/mol. The molecule has 0 aromatic heterocycles. The molecule has 0 N–H and O–H groups in total. The van der Waals surface area contributed by atoms with E-state index >= 15 is 0 Å². The van der Waals surface area contributed by atoms with Gasteiger partial charge in [-0.2, -0.15) is 0 Å². The third kappa shape index (κ3) is 5.66. The van der Waals surface area contributed by atoms with Gasteiger partial charge in [0.15, 0.2) is 5.78 Å². The number of hydrogen-bond acceptors (Lipinski definition) is 2. The maximum absolute atomic E-state index is 13.4. The highest BCUT2D eigenvalue weighted by Gasteiger charge is 2.19. The van der Waals surface area contributed by atoms with Crippen LogP contribution in [0.5, 0.6) is 0 Å². The molecule has 0 aliphatic rings. The van der Waals surface area contributed by atoms with Crippen molar-refractivity contribution in [3.05, 3.63) is 168 Å². The summed E-state index contributed by atoms with van der Waals surface area (Å²) in [7, 11) is 0. The van der Waals surface area contributed by atoms with Crippen LogP contribution in [0.15, 0.2) is 152 Å². The molecular formula is C37H31NO. The van der Waals surface area contributed by atoms with Crippen molar-refractivity contribution < 1.29 is 4.79 Å². The summed E-state index contributed by atoms with van der Waals surface area (Å²) in [6, 6.07) is 44.8. The molecule has 0 aliphatic carbocycles. The van der Waals surface area contributed by atoms with Gasteiger partial charge in [0, 0.05) is 28.1 Å². The van der Waals surface area contributed by atoms with E-state index in [0.717, 1.165) is 33.8 Å². The van der Waals surface area contributed by atoms with Crippen molar-refractivity contribution in [1.29, 1.82) is 0 Å². The standard InChI is InChI=1S/C37H31NO/c1-3-14-28(4-2)29-23-25-33(26-24-29)38(36-22-12-11-21-35(36)30-15-7-5-8-16-30)34-20-13-19-32(27-34)37(39)31-17-9-6-10-18-31/h3-27H,1-2H3/b14-3-,28-4+. The zero-order valence-electron chi connectivity index (χ0n) is 22.3. The largest absolute Gasteiger partial charge is 0.310 e. The van der Waals surface area contributed by atoms with Crippen LogP contribution in [0.2, 0.25) is 0 Å². The normalized spacial score (nSPS) is 11.5. The van der Waals surface area contributed by atoms with E-state index in [1.165, 1.54) is 5.57 Å². The summed E-state index contributed by atoms with van der Waals surface area (Å²) in [4.78, 5) is 15.6. The topological polar surface area (TPSA) is 20.3 Å². The summed E-state index contributed by atoms with van der Waals surface area (Å²) in [5.41, 5.74) is 8.90. The Balaban J connectivity index is 1.66. The minimum atomic E-state index is 0.00756. The summed E-state index contributed by atoms with van der Waals surface area (Å²) in [6.45, 7) is 4.09. The SMILES string of the molecule is C/C=C\C(=C/C)c1ccc(N(c2cccc(C(=O)c3ccccc3)c2)c2ccccc2-c2ccccc2)cc1. The third-order valence-corrected chi connectivity index (χ3v) is 6.75. The van der Waals surface area contributed by atoms with E-state index in [2.05, 4.69) is 109 Å². The minimum absolute atomic E-state index is 0.00756. The van der Waals surface area contributed by atoms with Crippen LogP contribution >= 0.6 is 0 Å². The summed E-state index contributed by atoms with van der Waals surface area (Å²) < 4.78 is 0. The van der Waals surface area contributed by atoms with Crippen LogP contribution in [0.4, 0.5) is 17.1 Å². The molecule has 0 saturated heterocycles.